The van der Waals surface area contributed by atoms with Crippen LogP contribution in [0.5, 0.6) is 0 Å². The van der Waals surface area contributed by atoms with Crippen molar-refractivity contribution in [3.05, 3.63) is 35.8 Å². The van der Waals surface area contributed by atoms with Crippen LogP contribution >= 0.6 is 0 Å². The molecule has 4 nitrogen and oxygen atoms in total. The molecule has 2 N–H and O–H groups in total. The van der Waals surface area contributed by atoms with Crippen molar-refractivity contribution in [3.63, 3.8) is 0 Å². The number of amides is 1. The lowest BCUT2D eigenvalue weighted by atomic mass is 10.2. The molecule has 1 aliphatic rings. The summed E-state index contributed by atoms with van der Waals surface area (Å²) in [6.07, 6.45) is 0.945. The molecule has 3 rings (SSSR count). The quantitative estimate of drug-likeness (QED) is 0.821. The van der Waals surface area contributed by atoms with Gasteiger partial charge in [0.15, 0.2) is 0 Å². The van der Waals surface area contributed by atoms with Crippen molar-refractivity contribution in [2.75, 3.05) is 26.2 Å². The van der Waals surface area contributed by atoms with Crippen LogP contribution < -0.4 is 5.32 Å². The zero-order valence-electron chi connectivity index (χ0n) is 10.6. The van der Waals surface area contributed by atoms with Crippen LogP contribution in [-0.2, 0) is 0 Å². The molecular weight excluding hydrogens is 245 g/mol. The maximum atomic E-state index is 13.6. The van der Waals surface area contributed by atoms with Crippen LogP contribution in [0.4, 0.5) is 4.39 Å². The Hall–Kier alpha value is -1.88. The molecule has 5 heteroatoms. The summed E-state index contributed by atoms with van der Waals surface area (Å²) in [5.41, 5.74) is 0.862. The van der Waals surface area contributed by atoms with Gasteiger partial charge in [-0.2, -0.15) is 0 Å². The first-order valence-electron chi connectivity index (χ1n) is 6.53. The van der Waals surface area contributed by atoms with Crippen LogP contribution in [0.25, 0.3) is 10.9 Å². The molecule has 1 aliphatic heterocycles. The van der Waals surface area contributed by atoms with Gasteiger partial charge in [-0.15, -0.1) is 0 Å². The Labute approximate surface area is 110 Å². The lowest BCUT2D eigenvalue weighted by molar-refractivity contribution is 0.0761. The van der Waals surface area contributed by atoms with Gasteiger partial charge in [-0.1, -0.05) is 12.1 Å². The number of benzene rings is 1. The predicted molar refractivity (Wildman–Crippen MR) is 71.6 cm³/mol. The van der Waals surface area contributed by atoms with E-state index in [-0.39, 0.29) is 11.7 Å². The highest BCUT2D eigenvalue weighted by atomic mass is 19.1. The fourth-order valence-electron chi connectivity index (χ4n) is 2.45. The van der Waals surface area contributed by atoms with Gasteiger partial charge in [-0.3, -0.25) is 4.79 Å². The van der Waals surface area contributed by atoms with E-state index in [0.29, 0.717) is 17.8 Å². The number of halogens is 1. The summed E-state index contributed by atoms with van der Waals surface area (Å²) >= 11 is 0. The largest absolute Gasteiger partial charge is 0.348 e. The first-order valence-corrected chi connectivity index (χ1v) is 6.53. The van der Waals surface area contributed by atoms with Gasteiger partial charge in [0.05, 0.1) is 5.52 Å². The average molecular weight is 261 g/mol. The lowest BCUT2D eigenvalue weighted by Gasteiger charge is -2.18. The summed E-state index contributed by atoms with van der Waals surface area (Å²) in [5.74, 6) is -0.381. The van der Waals surface area contributed by atoms with E-state index in [9.17, 15) is 9.18 Å². The highest BCUT2D eigenvalue weighted by Crippen LogP contribution is 2.19. The van der Waals surface area contributed by atoms with Gasteiger partial charge in [-0.25, -0.2) is 4.39 Å². The number of hydrogen-bond acceptors (Lipinski definition) is 2. The molecule has 19 heavy (non-hydrogen) atoms. The second-order valence-electron chi connectivity index (χ2n) is 4.78. The molecule has 0 spiro atoms. The van der Waals surface area contributed by atoms with Crippen LogP contribution in [-0.4, -0.2) is 42.0 Å². The van der Waals surface area contributed by atoms with Crippen LogP contribution in [0.2, 0.25) is 0 Å². The minimum Gasteiger partial charge on any atom is -0.348 e. The number of nitrogens with one attached hydrogen (secondary N) is 2. The third-order valence-electron chi connectivity index (χ3n) is 3.46. The summed E-state index contributed by atoms with van der Waals surface area (Å²) in [7, 11) is 0. The van der Waals surface area contributed by atoms with Crippen molar-refractivity contribution < 1.29 is 9.18 Å². The topological polar surface area (TPSA) is 48.1 Å². The van der Waals surface area contributed by atoms with E-state index >= 15 is 0 Å². The molecule has 1 amide bonds. The molecule has 0 radical (unpaired) electrons. The van der Waals surface area contributed by atoms with Crippen molar-refractivity contribution >= 4 is 16.8 Å². The van der Waals surface area contributed by atoms with Gasteiger partial charge in [0.25, 0.3) is 5.91 Å². The Bertz CT molecular complexity index is 600. The summed E-state index contributed by atoms with van der Waals surface area (Å²) in [6.45, 7) is 3.17. The van der Waals surface area contributed by atoms with Gasteiger partial charge in [0, 0.05) is 25.0 Å². The molecule has 1 saturated heterocycles. The summed E-state index contributed by atoms with van der Waals surface area (Å²) in [4.78, 5) is 17.1. The third-order valence-corrected chi connectivity index (χ3v) is 3.46. The van der Waals surface area contributed by atoms with E-state index in [1.165, 1.54) is 6.07 Å². The van der Waals surface area contributed by atoms with E-state index in [0.717, 1.165) is 31.4 Å². The van der Waals surface area contributed by atoms with E-state index in [4.69, 9.17) is 0 Å². The van der Waals surface area contributed by atoms with Crippen molar-refractivity contribution in [1.29, 1.82) is 0 Å². The second-order valence-corrected chi connectivity index (χ2v) is 4.78. The van der Waals surface area contributed by atoms with Crippen molar-refractivity contribution in [2.45, 2.75) is 6.42 Å². The molecule has 0 atom stereocenters. The van der Waals surface area contributed by atoms with Gasteiger partial charge >= 0.3 is 0 Å². The smallest absolute Gasteiger partial charge is 0.270 e. The number of fused-ring (bicyclic) bond motifs is 1. The Morgan fingerprint density at radius 2 is 2.16 bits per heavy atom. The summed E-state index contributed by atoms with van der Waals surface area (Å²) in [5, 5.41) is 3.99. The van der Waals surface area contributed by atoms with Crippen LogP contribution in [0.3, 0.4) is 0 Å². The first kappa shape index (κ1) is 12.2. The Kier molecular flexibility index (Phi) is 3.21. The molecule has 0 aliphatic carbocycles. The number of carbonyl (C=O) groups excluding carboxylic acids is 1. The Morgan fingerprint density at radius 3 is 3.00 bits per heavy atom. The summed E-state index contributed by atoms with van der Waals surface area (Å²) in [6, 6.07) is 6.56. The number of H-pyrrole nitrogens is 1. The fourth-order valence-corrected chi connectivity index (χ4v) is 2.45. The summed E-state index contributed by atoms with van der Waals surface area (Å²) < 4.78 is 13.6. The Morgan fingerprint density at radius 1 is 1.26 bits per heavy atom. The molecule has 2 aromatic rings. The monoisotopic (exact) mass is 261 g/mol. The predicted octanol–water partition coefficient (Wildman–Crippen LogP) is 1.74. The van der Waals surface area contributed by atoms with E-state index in [1.807, 2.05) is 4.90 Å². The fraction of sp³-hybridized carbons (Fsp3) is 0.357. The van der Waals surface area contributed by atoms with Gasteiger partial charge in [0.1, 0.15) is 11.5 Å². The molecule has 2 heterocycles. The number of hydrogen-bond donors (Lipinski definition) is 2. The van der Waals surface area contributed by atoms with Gasteiger partial charge in [0.2, 0.25) is 0 Å². The SMILES string of the molecule is O=C(c1cc2cccc(F)c2[nH]1)N1CCCNCC1. The lowest BCUT2D eigenvalue weighted by Crippen LogP contribution is -2.34. The maximum Gasteiger partial charge on any atom is 0.270 e. The number of aromatic amines is 1. The highest BCUT2D eigenvalue weighted by molar-refractivity contribution is 5.98. The molecule has 1 aromatic heterocycles. The van der Waals surface area contributed by atoms with Crippen molar-refractivity contribution in [2.24, 2.45) is 0 Å². The molecule has 0 unspecified atom stereocenters. The number of rotatable bonds is 1. The van der Waals surface area contributed by atoms with Crippen molar-refractivity contribution in [3.8, 4) is 0 Å². The van der Waals surface area contributed by atoms with E-state index in [1.54, 1.807) is 18.2 Å². The highest BCUT2D eigenvalue weighted by Gasteiger charge is 2.19. The van der Waals surface area contributed by atoms with Crippen LogP contribution in [0, 0.1) is 5.82 Å². The zero-order valence-corrected chi connectivity index (χ0v) is 10.6. The molecule has 0 bridgehead atoms. The minimum absolute atomic E-state index is 0.0562. The Balaban J connectivity index is 1.90. The van der Waals surface area contributed by atoms with Crippen LogP contribution in [0.15, 0.2) is 24.3 Å². The van der Waals surface area contributed by atoms with Gasteiger partial charge in [-0.05, 0) is 25.1 Å². The molecule has 100 valence electrons. The molecule has 0 saturated carbocycles. The zero-order chi connectivity index (χ0) is 13.2. The van der Waals surface area contributed by atoms with Gasteiger partial charge < -0.3 is 15.2 Å². The molecule has 1 aromatic carbocycles. The normalized spacial score (nSPS) is 16.6. The average Bonchev–Trinajstić information content (AvgIpc) is 2.67. The number of carbonyl (C=O) groups is 1. The standard InChI is InChI=1S/C14H16FN3O/c15-11-4-1-3-10-9-12(17-13(10)11)14(19)18-7-2-5-16-6-8-18/h1,3-4,9,16-17H,2,5-8H2. The van der Waals surface area contributed by atoms with Crippen molar-refractivity contribution in [1.82, 2.24) is 15.2 Å². The second kappa shape index (κ2) is 5.01. The number of nitrogens with zero attached hydrogens (tertiary/aromatic N) is 1. The number of para-hydroxylation sites is 1. The molecule has 1 fully saturated rings. The first-order chi connectivity index (χ1) is 9.25. The maximum absolute atomic E-state index is 13.6. The van der Waals surface area contributed by atoms with Crippen LogP contribution in [0.1, 0.15) is 16.9 Å². The van der Waals surface area contributed by atoms with E-state index < -0.39 is 0 Å². The number of aromatic nitrogens is 1. The van der Waals surface area contributed by atoms with E-state index in [2.05, 4.69) is 10.3 Å². The molecular formula is C14H16FN3O. The minimum atomic E-state index is -0.325. The third kappa shape index (κ3) is 2.33.